The van der Waals surface area contributed by atoms with E-state index in [9.17, 15) is 9.18 Å². The Morgan fingerprint density at radius 2 is 2.00 bits per heavy atom. The highest BCUT2D eigenvalue weighted by Crippen LogP contribution is 2.53. The maximum atomic E-state index is 13.1. The molecule has 1 aromatic rings. The first-order chi connectivity index (χ1) is 6.90. The van der Waals surface area contributed by atoms with E-state index in [-0.39, 0.29) is 22.9 Å². The molecule has 0 radical (unpaired) electrons. The molecular weight excluding hydrogens is 191 g/mol. The zero-order valence-corrected chi connectivity index (χ0v) is 9.30. The topological polar surface area (TPSA) is 17.1 Å². The molecule has 0 heterocycles. The van der Waals surface area contributed by atoms with Crippen LogP contribution in [0.4, 0.5) is 4.39 Å². The Kier molecular flexibility index (Phi) is 2.18. The van der Waals surface area contributed by atoms with Crippen LogP contribution >= 0.6 is 0 Å². The Bertz CT molecular complexity index is 400. The lowest BCUT2D eigenvalue weighted by Gasteiger charge is -2.04. The summed E-state index contributed by atoms with van der Waals surface area (Å²) in [5, 5.41) is 0. The van der Waals surface area contributed by atoms with Gasteiger partial charge in [-0.15, -0.1) is 0 Å². The Labute approximate surface area is 89.3 Å². The van der Waals surface area contributed by atoms with E-state index in [1.165, 1.54) is 12.1 Å². The fourth-order valence-corrected chi connectivity index (χ4v) is 1.99. The minimum Gasteiger partial charge on any atom is -0.294 e. The molecule has 1 atom stereocenters. The van der Waals surface area contributed by atoms with Gasteiger partial charge in [0.25, 0.3) is 0 Å². The third-order valence-electron chi connectivity index (χ3n) is 3.16. The summed E-state index contributed by atoms with van der Waals surface area (Å²) in [6.45, 7) is 5.95. The molecule has 1 aromatic carbocycles. The largest absolute Gasteiger partial charge is 0.294 e. The van der Waals surface area contributed by atoms with E-state index in [1.54, 1.807) is 13.0 Å². The monoisotopic (exact) mass is 206 g/mol. The van der Waals surface area contributed by atoms with Crippen molar-refractivity contribution < 1.29 is 9.18 Å². The van der Waals surface area contributed by atoms with Crippen LogP contribution < -0.4 is 0 Å². The molecule has 2 heteroatoms. The second-order valence-electron chi connectivity index (χ2n) is 5.13. The molecule has 0 saturated heterocycles. The number of aryl methyl sites for hydroxylation is 1. The van der Waals surface area contributed by atoms with Crippen LogP contribution in [0.25, 0.3) is 0 Å². The summed E-state index contributed by atoms with van der Waals surface area (Å²) in [7, 11) is 0. The third kappa shape index (κ3) is 1.94. The number of halogens is 1. The second kappa shape index (κ2) is 3.16. The number of benzene rings is 1. The maximum absolute atomic E-state index is 13.1. The molecule has 15 heavy (non-hydrogen) atoms. The Morgan fingerprint density at radius 3 is 2.47 bits per heavy atom. The van der Waals surface area contributed by atoms with Gasteiger partial charge in [0.1, 0.15) is 5.82 Å². The molecule has 0 aliphatic heterocycles. The molecule has 0 amide bonds. The average molecular weight is 206 g/mol. The lowest BCUT2D eigenvalue weighted by atomic mass is 10.00. The molecule has 1 saturated carbocycles. The van der Waals surface area contributed by atoms with Gasteiger partial charge in [-0.3, -0.25) is 4.79 Å². The van der Waals surface area contributed by atoms with Crippen molar-refractivity contribution in [1.29, 1.82) is 0 Å². The van der Waals surface area contributed by atoms with E-state index in [0.29, 0.717) is 5.56 Å². The van der Waals surface area contributed by atoms with Gasteiger partial charge in [0.15, 0.2) is 5.78 Å². The van der Waals surface area contributed by atoms with Crippen LogP contribution in [-0.4, -0.2) is 5.78 Å². The summed E-state index contributed by atoms with van der Waals surface area (Å²) >= 11 is 0. The molecule has 2 rings (SSSR count). The molecule has 0 spiro atoms. The van der Waals surface area contributed by atoms with Crippen LogP contribution in [0.15, 0.2) is 18.2 Å². The van der Waals surface area contributed by atoms with Gasteiger partial charge in [-0.1, -0.05) is 13.8 Å². The summed E-state index contributed by atoms with van der Waals surface area (Å²) in [6, 6.07) is 4.54. The predicted octanol–water partition coefficient (Wildman–Crippen LogP) is 3.36. The summed E-state index contributed by atoms with van der Waals surface area (Å²) in [5.74, 6) is -0.155. The molecule has 1 fully saturated rings. The van der Waals surface area contributed by atoms with Gasteiger partial charge in [0.05, 0.1) is 0 Å². The van der Waals surface area contributed by atoms with Crippen molar-refractivity contribution >= 4 is 5.78 Å². The standard InChI is InChI=1S/C13H15FO/c1-8-4-9(6-10(14)5-8)12(15)11-7-13(11,2)3/h4-6,11H,7H2,1-3H3. The first-order valence-corrected chi connectivity index (χ1v) is 5.21. The van der Waals surface area contributed by atoms with Crippen molar-refractivity contribution in [2.45, 2.75) is 27.2 Å². The highest BCUT2D eigenvalue weighted by molar-refractivity contribution is 6.00. The second-order valence-corrected chi connectivity index (χ2v) is 5.13. The fraction of sp³-hybridized carbons (Fsp3) is 0.462. The summed E-state index contributed by atoms with van der Waals surface area (Å²) in [5.41, 5.74) is 1.43. The van der Waals surface area contributed by atoms with Crippen molar-refractivity contribution in [2.75, 3.05) is 0 Å². The number of hydrogen-bond acceptors (Lipinski definition) is 1. The fourth-order valence-electron chi connectivity index (χ4n) is 1.99. The van der Waals surface area contributed by atoms with Crippen LogP contribution in [-0.2, 0) is 0 Å². The molecular formula is C13H15FO. The molecule has 1 aliphatic carbocycles. The van der Waals surface area contributed by atoms with Crippen molar-refractivity contribution in [3.05, 3.63) is 35.1 Å². The summed E-state index contributed by atoms with van der Waals surface area (Å²) in [4.78, 5) is 12.0. The summed E-state index contributed by atoms with van der Waals surface area (Å²) < 4.78 is 13.1. The normalized spacial score (nSPS) is 22.5. The quantitative estimate of drug-likeness (QED) is 0.678. The number of rotatable bonds is 2. The number of ketones is 1. The molecule has 1 nitrogen and oxygen atoms in total. The molecule has 80 valence electrons. The van der Waals surface area contributed by atoms with E-state index >= 15 is 0 Å². The van der Waals surface area contributed by atoms with E-state index < -0.39 is 0 Å². The van der Waals surface area contributed by atoms with Crippen molar-refractivity contribution in [1.82, 2.24) is 0 Å². The summed E-state index contributed by atoms with van der Waals surface area (Å²) in [6.07, 6.45) is 0.918. The molecule has 0 N–H and O–H groups in total. The van der Waals surface area contributed by atoms with E-state index in [0.717, 1.165) is 12.0 Å². The van der Waals surface area contributed by atoms with Gasteiger partial charge in [-0.25, -0.2) is 4.39 Å². The highest BCUT2D eigenvalue weighted by Gasteiger charge is 2.50. The van der Waals surface area contributed by atoms with Crippen LogP contribution in [0.5, 0.6) is 0 Å². The Morgan fingerprint density at radius 1 is 1.40 bits per heavy atom. The van der Waals surface area contributed by atoms with Gasteiger partial charge in [-0.2, -0.15) is 0 Å². The smallest absolute Gasteiger partial charge is 0.166 e. The number of Topliss-reactive ketones (excluding diaryl/α,β-unsaturated/α-hetero) is 1. The molecule has 0 bridgehead atoms. The van der Waals surface area contributed by atoms with E-state index in [4.69, 9.17) is 0 Å². The number of hydrogen-bond donors (Lipinski definition) is 0. The van der Waals surface area contributed by atoms with Gasteiger partial charge in [0, 0.05) is 11.5 Å². The Balaban J connectivity index is 2.27. The van der Waals surface area contributed by atoms with E-state index in [1.807, 2.05) is 0 Å². The lowest BCUT2D eigenvalue weighted by molar-refractivity contribution is 0.0952. The molecule has 0 aromatic heterocycles. The third-order valence-corrected chi connectivity index (χ3v) is 3.16. The minimum atomic E-state index is -0.322. The van der Waals surface area contributed by atoms with Crippen LogP contribution in [0.2, 0.25) is 0 Å². The predicted molar refractivity (Wildman–Crippen MR) is 57.4 cm³/mol. The maximum Gasteiger partial charge on any atom is 0.166 e. The van der Waals surface area contributed by atoms with Crippen LogP contribution in [0.1, 0.15) is 36.2 Å². The zero-order chi connectivity index (χ0) is 11.2. The lowest BCUT2D eigenvalue weighted by Crippen LogP contribution is -2.07. The first kappa shape index (κ1) is 10.3. The van der Waals surface area contributed by atoms with E-state index in [2.05, 4.69) is 13.8 Å². The molecule has 1 aliphatic rings. The molecule has 1 unspecified atom stereocenters. The number of carbonyl (C=O) groups is 1. The van der Waals surface area contributed by atoms with Gasteiger partial charge in [-0.05, 0) is 42.5 Å². The van der Waals surface area contributed by atoms with Crippen molar-refractivity contribution in [3.8, 4) is 0 Å². The SMILES string of the molecule is Cc1cc(F)cc(C(=O)C2CC2(C)C)c1. The zero-order valence-electron chi connectivity index (χ0n) is 9.30. The average Bonchev–Trinajstić information content (AvgIpc) is 2.72. The first-order valence-electron chi connectivity index (χ1n) is 5.21. The van der Waals surface area contributed by atoms with Crippen LogP contribution in [0, 0.1) is 24.1 Å². The van der Waals surface area contributed by atoms with Gasteiger partial charge >= 0.3 is 0 Å². The Hall–Kier alpha value is -1.18. The minimum absolute atomic E-state index is 0.0821. The van der Waals surface area contributed by atoms with Gasteiger partial charge in [0.2, 0.25) is 0 Å². The number of carbonyl (C=O) groups excluding carboxylic acids is 1. The van der Waals surface area contributed by atoms with Gasteiger partial charge < -0.3 is 0 Å². The van der Waals surface area contributed by atoms with Crippen molar-refractivity contribution in [2.24, 2.45) is 11.3 Å². The van der Waals surface area contributed by atoms with Crippen molar-refractivity contribution in [3.63, 3.8) is 0 Å². The van der Waals surface area contributed by atoms with Crippen LogP contribution in [0.3, 0.4) is 0 Å². The highest BCUT2D eigenvalue weighted by atomic mass is 19.1.